The van der Waals surface area contributed by atoms with Crippen LogP contribution in [0.3, 0.4) is 0 Å². The molecule has 0 radical (unpaired) electrons. The molecule has 2 aliphatic heterocycles. The van der Waals surface area contributed by atoms with E-state index in [-0.39, 0.29) is 11.8 Å². The third kappa shape index (κ3) is 3.98. The second kappa shape index (κ2) is 8.28. The smallest absolute Gasteiger partial charge is 0.281 e. The number of nitrogens with zero attached hydrogens (tertiary/aromatic N) is 5. The zero-order valence-corrected chi connectivity index (χ0v) is 18.8. The molecule has 30 heavy (non-hydrogen) atoms. The van der Waals surface area contributed by atoms with Crippen molar-refractivity contribution in [1.82, 2.24) is 23.1 Å². The molecule has 2 fully saturated rings. The fraction of sp³-hybridized carbons (Fsp3) is 0.619. The minimum Gasteiger partial charge on any atom is -0.339 e. The van der Waals surface area contributed by atoms with Crippen LogP contribution < -0.4 is 0 Å². The van der Waals surface area contributed by atoms with E-state index >= 15 is 0 Å². The summed E-state index contributed by atoms with van der Waals surface area (Å²) >= 11 is 0. The predicted octanol–water partition coefficient (Wildman–Crippen LogP) is 2.19. The number of aromatic nitrogens is 2. The summed E-state index contributed by atoms with van der Waals surface area (Å²) in [5.41, 5.74) is 2.63. The standard InChI is InChI=1S/C21H31N5O3S/c1-16-4-9-24(10-5-16)21(27)19-15-22-26-13-8-18(14-20(19)26)17-6-11-25(12-7-17)30(28,29)23(2)3/h8,13-17H,4-7,9-12H2,1-3H3. The average molecular weight is 434 g/mol. The topological polar surface area (TPSA) is 78.2 Å². The quantitative estimate of drug-likeness (QED) is 0.741. The number of carbonyl (C=O) groups is 1. The van der Waals surface area contributed by atoms with E-state index in [0.29, 0.717) is 24.6 Å². The number of amides is 1. The number of carbonyl (C=O) groups excluding carboxylic acids is 1. The van der Waals surface area contributed by atoms with E-state index in [1.807, 2.05) is 17.2 Å². The predicted molar refractivity (Wildman–Crippen MR) is 116 cm³/mol. The normalized spacial score (nSPS) is 20.3. The highest BCUT2D eigenvalue weighted by Gasteiger charge is 2.30. The van der Waals surface area contributed by atoms with Gasteiger partial charge in [-0.2, -0.15) is 22.1 Å². The van der Waals surface area contributed by atoms with Crippen molar-refractivity contribution in [3.63, 3.8) is 0 Å². The molecule has 0 aromatic carbocycles. The minimum atomic E-state index is -3.36. The van der Waals surface area contributed by atoms with Gasteiger partial charge in [0.05, 0.1) is 17.3 Å². The van der Waals surface area contributed by atoms with Gasteiger partial charge in [-0.15, -0.1) is 0 Å². The first kappa shape index (κ1) is 21.3. The van der Waals surface area contributed by atoms with Crippen LogP contribution in [0.4, 0.5) is 0 Å². The highest BCUT2D eigenvalue weighted by atomic mass is 32.2. The van der Waals surface area contributed by atoms with E-state index < -0.39 is 10.2 Å². The lowest BCUT2D eigenvalue weighted by Gasteiger charge is -2.33. The molecule has 1 amide bonds. The Balaban J connectivity index is 1.52. The lowest BCUT2D eigenvalue weighted by molar-refractivity contribution is 0.0699. The second-order valence-corrected chi connectivity index (χ2v) is 10.9. The molecular weight excluding hydrogens is 402 g/mol. The largest absolute Gasteiger partial charge is 0.339 e. The summed E-state index contributed by atoms with van der Waals surface area (Å²) in [5, 5.41) is 4.38. The summed E-state index contributed by atoms with van der Waals surface area (Å²) in [4.78, 5) is 15.0. The van der Waals surface area contributed by atoms with E-state index in [1.54, 1.807) is 29.1 Å². The van der Waals surface area contributed by atoms with Crippen LogP contribution in [0.5, 0.6) is 0 Å². The fourth-order valence-electron chi connectivity index (χ4n) is 4.45. The van der Waals surface area contributed by atoms with Crippen molar-refractivity contribution in [2.45, 2.75) is 38.5 Å². The minimum absolute atomic E-state index is 0.0564. The molecule has 0 aliphatic carbocycles. The third-order valence-electron chi connectivity index (χ3n) is 6.56. The number of likely N-dealkylation sites (tertiary alicyclic amines) is 1. The molecular formula is C21H31N5O3S. The van der Waals surface area contributed by atoms with Crippen molar-refractivity contribution >= 4 is 21.6 Å². The van der Waals surface area contributed by atoms with Gasteiger partial charge in [0.25, 0.3) is 16.1 Å². The lowest BCUT2D eigenvalue weighted by Crippen LogP contribution is -2.44. The number of pyridine rings is 1. The molecule has 2 aliphatic rings. The third-order valence-corrected chi connectivity index (χ3v) is 8.50. The highest BCUT2D eigenvalue weighted by molar-refractivity contribution is 7.86. The van der Waals surface area contributed by atoms with Gasteiger partial charge in [0.2, 0.25) is 0 Å². The Hall–Kier alpha value is -1.97. The van der Waals surface area contributed by atoms with E-state index in [9.17, 15) is 13.2 Å². The summed E-state index contributed by atoms with van der Waals surface area (Å²) in [6, 6.07) is 4.10. The van der Waals surface area contributed by atoms with E-state index in [0.717, 1.165) is 49.9 Å². The molecule has 164 valence electrons. The Labute approximate surface area is 178 Å². The molecule has 2 saturated heterocycles. The van der Waals surface area contributed by atoms with Crippen molar-refractivity contribution in [2.75, 3.05) is 40.3 Å². The van der Waals surface area contributed by atoms with Crippen LogP contribution in [0, 0.1) is 5.92 Å². The van der Waals surface area contributed by atoms with Gasteiger partial charge in [-0.05, 0) is 55.2 Å². The maximum absolute atomic E-state index is 13.1. The maximum atomic E-state index is 13.1. The van der Waals surface area contributed by atoms with Gasteiger partial charge in [-0.1, -0.05) is 6.92 Å². The average Bonchev–Trinajstić information content (AvgIpc) is 3.17. The molecule has 0 bridgehead atoms. The first-order chi connectivity index (χ1) is 14.3. The first-order valence-corrected chi connectivity index (χ1v) is 12.1. The number of hydrogen-bond acceptors (Lipinski definition) is 4. The Morgan fingerprint density at radius 2 is 1.77 bits per heavy atom. The van der Waals surface area contributed by atoms with Crippen molar-refractivity contribution in [3.05, 3.63) is 35.7 Å². The number of fused-ring (bicyclic) bond motifs is 1. The van der Waals surface area contributed by atoms with Crippen molar-refractivity contribution in [2.24, 2.45) is 5.92 Å². The van der Waals surface area contributed by atoms with Crippen LogP contribution in [0.1, 0.15) is 54.4 Å². The summed E-state index contributed by atoms with van der Waals surface area (Å²) in [5.74, 6) is 1.00. The van der Waals surface area contributed by atoms with Crippen molar-refractivity contribution in [1.29, 1.82) is 0 Å². The van der Waals surface area contributed by atoms with Crippen LogP contribution in [-0.4, -0.2) is 77.7 Å². The van der Waals surface area contributed by atoms with E-state index in [1.165, 1.54) is 4.31 Å². The van der Waals surface area contributed by atoms with Crippen LogP contribution in [-0.2, 0) is 10.2 Å². The van der Waals surface area contributed by atoms with Gasteiger partial charge in [-0.3, -0.25) is 4.79 Å². The first-order valence-electron chi connectivity index (χ1n) is 10.7. The van der Waals surface area contributed by atoms with E-state index in [4.69, 9.17) is 0 Å². The summed E-state index contributed by atoms with van der Waals surface area (Å²) in [6.45, 7) is 4.85. The van der Waals surface area contributed by atoms with Gasteiger partial charge >= 0.3 is 0 Å². The summed E-state index contributed by atoms with van der Waals surface area (Å²) in [7, 11) is -0.231. The van der Waals surface area contributed by atoms with Crippen LogP contribution in [0.2, 0.25) is 0 Å². The molecule has 0 saturated carbocycles. The lowest BCUT2D eigenvalue weighted by atomic mass is 9.90. The maximum Gasteiger partial charge on any atom is 0.281 e. The van der Waals surface area contributed by atoms with E-state index in [2.05, 4.69) is 18.1 Å². The van der Waals surface area contributed by atoms with Crippen molar-refractivity contribution < 1.29 is 13.2 Å². The Kier molecular flexibility index (Phi) is 5.87. The second-order valence-electron chi connectivity index (χ2n) is 8.79. The molecule has 9 heteroatoms. The van der Waals surface area contributed by atoms with Gasteiger partial charge in [0, 0.05) is 46.5 Å². The molecule has 0 unspecified atom stereocenters. The molecule has 4 rings (SSSR count). The summed E-state index contributed by atoms with van der Waals surface area (Å²) in [6.07, 6.45) is 7.21. The molecule has 2 aromatic heterocycles. The number of hydrogen-bond donors (Lipinski definition) is 0. The number of piperidine rings is 2. The van der Waals surface area contributed by atoms with Crippen LogP contribution in [0.15, 0.2) is 24.5 Å². The van der Waals surface area contributed by atoms with Gasteiger partial charge < -0.3 is 4.90 Å². The SMILES string of the molecule is CC1CCN(C(=O)c2cnn3ccc(C4CCN(S(=O)(=O)N(C)C)CC4)cc23)CC1. The molecule has 0 N–H and O–H groups in total. The van der Waals surface area contributed by atoms with Crippen LogP contribution in [0.25, 0.3) is 5.52 Å². The monoisotopic (exact) mass is 433 g/mol. The number of rotatable bonds is 4. The molecule has 0 atom stereocenters. The Bertz CT molecular complexity index is 1020. The molecule has 0 spiro atoms. The fourth-order valence-corrected chi connectivity index (χ4v) is 5.58. The zero-order chi connectivity index (χ0) is 21.5. The van der Waals surface area contributed by atoms with Gasteiger partial charge in [-0.25, -0.2) is 4.52 Å². The Morgan fingerprint density at radius 1 is 1.10 bits per heavy atom. The van der Waals surface area contributed by atoms with Crippen molar-refractivity contribution in [3.8, 4) is 0 Å². The van der Waals surface area contributed by atoms with Gasteiger partial charge in [0.1, 0.15) is 0 Å². The Morgan fingerprint density at radius 3 is 2.40 bits per heavy atom. The van der Waals surface area contributed by atoms with Crippen LogP contribution >= 0.6 is 0 Å². The summed E-state index contributed by atoms with van der Waals surface area (Å²) < 4.78 is 29.3. The molecule has 4 heterocycles. The zero-order valence-electron chi connectivity index (χ0n) is 18.0. The highest BCUT2D eigenvalue weighted by Crippen LogP contribution is 2.31. The van der Waals surface area contributed by atoms with Gasteiger partial charge in [0.15, 0.2) is 0 Å². The molecule has 8 nitrogen and oxygen atoms in total. The molecule has 2 aromatic rings.